The Morgan fingerprint density at radius 1 is 1.13 bits per heavy atom. The summed E-state index contributed by atoms with van der Waals surface area (Å²) >= 11 is 1.81. The summed E-state index contributed by atoms with van der Waals surface area (Å²) < 4.78 is 5.65. The van der Waals surface area contributed by atoms with Crippen LogP contribution in [0.25, 0.3) is 0 Å². The maximum atomic E-state index is 5.65. The van der Waals surface area contributed by atoms with Crippen molar-refractivity contribution in [3.05, 3.63) is 51.7 Å². The number of ether oxygens (including phenoxy) is 1. The minimum Gasteiger partial charge on any atom is -0.494 e. The van der Waals surface area contributed by atoms with Crippen LogP contribution in [-0.4, -0.2) is 19.1 Å². The molecule has 0 saturated heterocycles. The number of aliphatic imine (C=N–C) groups is 1. The molecule has 0 spiro atoms. The van der Waals surface area contributed by atoms with Crippen molar-refractivity contribution in [1.29, 1.82) is 0 Å². The third-order valence-electron chi connectivity index (χ3n) is 3.25. The first-order chi connectivity index (χ1) is 11.2. The van der Waals surface area contributed by atoms with Crippen LogP contribution in [0.4, 0.5) is 0 Å². The fourth-order valence-electron chi connectivity index (χ4n) is 2.19. The Labute approximate surface area is 142 Å². The molecule has 0 amide bonds. The molecule has 1 heterocycles. The van der Waals surface area contributed by atoms with E-state index in [-0.39, 0.29) is 0 Å². The lowest BCUT2D eigenvalue weighted by Crippen LogP contribution is -2.36. The summed E-state index contributed by atoms with van der Waals surface area (Å²) in [7, 11) is 0. The highest BCUT2D eigenvalue weighted by Crippen LogP contribution is 2.18. The summed E-state index contributed by atoms with van der Waals surface area (Å²) in [6, 6.07) is 12.3. The largest absolute Gasteiger partial charge is 0.494 e. The van der Waals surface area contributed by atoms with Gasteiger partial charge >= 0.3 is 0 Å². The molecule has 0 unspecified atom stereocenters. The summed E-state index contributed by atoms with van der Waals surface area (Å²) in [4.78, 5) is 7.30. The lowest BCUT2D eigenvalue weighted by atomic mass is 10.2. The highest BCUT2D eigenvalue weighted by Gasteiger charge is 2.04. The number of nitrogens with one attached hydrogen (secondary N) is 2. The van der Waals surface area contributed by atoms with Gasteiger partial charge in [0, 0.05) is 21.9 Å². The molecule has 1 aromatic heterocycles. The van der Waals surface area contributed by atoms with Crippen LogP contribution in [0.15, 0.2) is 41.4 Å². The monoisotopic (exact) mass is 331 g/mol. The average molecular weight is 331 g/mol. The molecule has 0 bridgehead atoms. The number of benzene rings is 1. The Kier molecular flexibility index (Phi) is 6.94. The summed E-state index contributed by atoms with van der Waals surface area (Å²) in [5.74, 6) is 1.73. The van der Waals surface area contributed by atoms with Crippen LogP contribution in [0.3, 0.4) is 0 Å². The normalized spacial score (nSPS) is 11.3. The van der Waals surface area contributed by atoms with Gasteiger partial charge in [-0.2, -0.15) is 0 Å². The van der Waals surface area contributed by atoms with Crippen LogP contribution in [0, 0.1) is 6.92 Å². The van der Waals surface area contributed by atoms with Gasteiger partial charge in [0.15, 0.2) is 5.96 Å². The molecule has 0 fully saturated rings. The number of hydrogen-bond acceptors (Lipinski definition) is 3. The van der Waals surface area contributed by atoms with Gasteiger partial charge in [0.1, 0.15) is 5.75 Å². The SMILES string of the molecule is CCNC(=NCc1ccccc1OCC)NCc1ccc(C)s1. The molecular weight excluding hydrogens is 306 g/mol. The van der Waals surface area contributed by atoms with Gasteiger partial charge in [-0.05, 0) is 39.0 Å². The molecule has 2 aromatic rings. The molecule has 0 aliphatic rings. The molecule has 124 valence electrons. The first-order valence-electron chi connectivity index (χ1n) is 8.01. The molecule has 0 saturated carbocycles. The van der Waals surface area contributed by atoms with E-state index in [9.17, 15) is 0 Å². The molecule has 2 rings (SSSR count). The van der Waals surface area contributed by atoms with Gasteiger partial charge < -0.3 is 15.4 Å². The molecule has 1 aromatic carbocycles. The minimum atomic E-state index is 0.592. The van der Waals surface area contributed by atoms with E-state index in [1.54, 1.807) is 11.3 Å². The second-order valence-corrected chi connectivity index (χ2v) is 6.47. The van der Waals surface area contributed by atoms with Crippen LogP contribution >= 0.6 is 11.3 Å². The smallest absolute Gasteiger partial charge is 0.191 e. The van der Waals surface area contributed by atoms with Crippen molar-refractivity contribution >= 4 is 17.3 Å². The summed E-state index contributed by atoms with van der Waals surface area (Å²) in [5, 5.41) is 6.66. The fraction of sp³-hybridized carbons (Fsp3) is 0.389. The molecule has 0 aliphatic carbocycles. The average Bonchev–Trinajstić information content (AvgIpc) is 2.97. The predicted octanol–water partition coefficient (Wildman–Crippen LogP) is 3.71. The Balaban J connectivity index is 2.00. The number of aryl methyl sites for hydroxylation is 1. The number of para-hydroxylation sites is 1. The molecule has 0 atom stereocenters. The van der Waals surface area contributed by atoms with E-state index in [0.717, 1.165) is 30.4 Å². The van der Waals surface area contributed by atoms with Gasteiger partial charge in [0.2, 0.25) is 0 Å². The van der Waals surface area contributed by atoms with Crippen molar-refractivity contribution in [3.8, 4) is 5.75 Å². The molecule has 4 nitrogen and oxygen atoms in total. The van der Waals surface area contributed by atoms with Crippen LogP contribution in [-0.2, 0) is 13.1 Å². The van der Waals surface area contributed by atoms with Gasteiger partial charge in [-0.25, -0.2) is 4.99 Å². The zero-order valence-corrected chi connectivity index (χ0v) is 14.9. The Morgan fingerprint density at radius 3 is 2.65 bits per heavy atom. The zero-order chi connectivity index (χ0) is 16.5. The quantitative estimate of drug-likeness (QED) is 0.600. The van der Waals surface area contributed by atoms with Crippen molar-refractivity contribution in [2.75, 3.05) is 13.2 Å². The van der Waals surface area contributed by atoms with Crippen molar-refractivity contribution < 1.29 is 4.74 Å². The summed E-state index contributed by atoms with van der Waals surface area (Å²) in [6.45, 7) is 9.07. The van der Waals surface area contributed by atoms with Gasteiger partial charge in [0.25, 0.3) is 0 Å². The molecule has 23 heavy (non-hydrogen) atoms. The van der Waals surface area contributed by atoms with Crippen LogP contribution in [0.1, 0.15) is 29.2 Å². The topological polar surface area (TPSA) is 45.7 Å². The van der Waals surface area contributed by atoms with E-state index in [1.165, 1.54) is 9.75 Å². The zero-order valence-electron chi connectivity index (χ0n) is 14.1. The third-order valence-corrected chi connectivity index (χ3v) is 4.25. The van der Waals surface area contributed by atoms with E-state index in [4.69, 9.17) is 4.74 Å². The summed E-state index contributed by atoms with van der Waals surface area (Å²) in [6.07, 6.45) is 0. The third kappa shape index (κ3) is 5.60. The Bertz CT molecular complexity index is 637. The second-order valence-electron chi connectivity index (χ2n) is 5.10. The highest BCUT2D eigenvalue weighted by atomic mass is 32.1. The van der Waals surface area contributed by atoms with Gasteiger partial charge in [-0.1, -0.05) is 18.2 Å². The number of thiophene rings is 1. The van der Waals surface area contributed by atoms with Crippen LogP contribution in [0.2, 0.25) is 0 Å². The lowest BCUT2D eigenvalue weighted by molar-refractivity contribution is 0.336. The van der Waals surface area contributed by atoms with Crippen molar-refractivity contribution in [2.45, 2.75) is 33.9 Å². The standard InChI is InChI=1S/C18H25N3OS/c1-4-19-18(21-13-16-11-10-14(3)23-16)20-12-15-8-6-7-9-17(15)22-5-2/h6-11H,4-5,12-13H2,1-3H3,(H2,19,20,21). The van der Waals surface area contributed by atoms with E-state index >= 15 is 0 Å². The first-order valence-corrected chi connectivity index (χ1v) is 8.82. The molecule has 2 N–H and O–H groups in total. The maximum absolute atomic E-state index is 5.65. The van der Waals surface area contributed by atoms with E-state index in [2.05, 4.69) is 47.7 Å². The number of hydrogen-bond donors (Lipinski definition) is 2. The molecule has 0 radical (unpaired) electrons. The highest BCUT2D eigenvalue weighted by molar-refractivity contribution is 7.11. The maximum Gasteiger partial charge on any atom is 0.191 e. The van der Waals surface area contributed by atoms with Crippen molar-refractivity contribution in [3.63, 3.8) is 0 Å². The number of rotatable bonds is 7. The van der Waals surface area contributed by atoms with Gasteiger partial charge in [-0.3, -0.25) is 0 Å². The number of nitrogens with zero attached hydrogens (tertiary/aromatic N) is 1. The fourth-order valence-corrected chi connectivity index (χ4v) is 3.02. The predicted molar refractivity (Wildman–Crippen MR) is 98.3 cm³/mol. The van der Waals surface area contributed by atoms with Crippen LogP contribution < -0.4 is 15.4 Å². The Morgan fingerprint density at radius 2 is 1.96 bits per heavy atom. The number of guanidine groups is 1. The van der Waals surface area contributed by atoms with Gasteiger partial charge in [0.05, 0.1) is 19.7 Å². The molecule has 5 heteroatoms. The van der Waals surface area contributed by atoms with E-state index in [1.807, 2.05) is 25.1 Å². The van der Waals surface area contributed by atoms with Crippen LogP contribution in [0.5, 0.6) is 5.75 Å². The summed E-state index contributed by atoms with van der Waals surface area (Å²) in [5.41, 5.74) is 1.10. The van der Waals surface area contributed by atoms with E-state index < -0.39 is 0 Å². The minimum absolute atomic E-state index is 0.592. The molecular formula is C18H25N3OS. The Hall–Kier alpha value is -2.01. The van der Waals surface area contributed by atoms with Crippen molar-refractivity contribution in [2.24, 2.45) is 4.99 Å². The van der Waals surface area contributed by atoms with E-state index in [0.29, 0.717) is 13.2 Å². The van der Waals surface area contributed by atoms with Gasteiger partial charge in [-0.15, -0.1) is 11.3 Å². The lowest BCUT2D eigenvalue weighted by Gasteiger charge is -2.12. The first kappa shape index (κ1) is 17.3. The van der Waals surface area contributed by atoms with Crippen molar-refractivity contribution in [1.82, 2.24) is 10.6 Å². The molecule has 0 aliphatic heterocycles. The second kappa shape index (κ2) is 9.20.